The van der Waals surface area contributed by atoms with Crippen LogP contribution in [0.2, 0.25) is 0 Å². The van der Waals surface area contributed by atoms with Gasteiger partial charge in [0.2, 0.25) is 5.78 Å². The van der Waals surface area contributed by atoms with E-state index in [1.165, 1.54) is 22.7 Å². The molecule has 9 rings (SSSR count). The minimum Gasteiger partial charge on any atom is -0.476 e. The Morgan fingerprint density at radius 1 is 0.600 bits per heavy atom. The van der Waals surface area contributed by atoms with E-state index < -0.39 is 17.7 Å². The molecule has 0 unspecified atom stereocenters. The maximum Gasteiger partial charge on any atom is 0.373 e. The Hall–Kier alpha value is -7.87. The van der Waals surface area contributed by atoms with Gasteiger partial charge in [-0.2, -0.15) is 0 Å². The highest BCUT2D eigenvalue weighted by Crippen LogP contribution is 2.27. The molecule has 0 fully saturated rings. The van der Waals surface area contributed by atoms with Gasteiger partial charge in [-0.1, -0.05) is 131 Å². The second-order valence-corrected chi connectivity index (χ2v) is 18.9. The highest BCUT2D eigenvalue weighted by molar-refractivity contribution is 9.09. The number of thiazole rings is 2. The van der Waals surface area contributed by atoms with Crippen molar-refractivity contribution in [2.45, 2.75) is 47.1 Å². The molecule has 0 atom stereocenters. The number of hydrogen-bond donors (Lipinski definition) is 4. The van der Waals surface area contributed by atoms with Gasteiger partial charge < -0.3 is 21.7 Å². The first-order valence-electron chi connectivity index (χ1n) is 23.0. The number of aromatic nitrogens is 6. The predicted octanol–water partition coefficient (Wildman–Crippen LogP) is 11.8. The van der Waals surface area contributed by atoms with Crippen molar-refractivity contribution in [2.75, 3.05) is 5.33 Å². The largest absolute Gasteiger partial charge is 0.476 e. The van der Waals surface area contributed by atoms with Crippen LogP contribution in [0, 0.1) is 27.7 Å². The third-order valence-electron chi connectivity index (χ3n) is 10.5. The predicted molar refractivity (Wildman–Crippen MR) is 305 cm³/mol. The maximum absolute atomic E-state index is 12.6. The normalized spacial score (nSPS) is 10.1. The lowest BCUT2D eigenvalue weighted by atomic mass is 10.0. The molecule has 382 valence electrons. The molecular weight excluding hydrogens is 1070 g/mol. The smallest absolute Gasteiger partial charge is 0.373 e. The van der Waals surface area contributed by atoms with Crippen molar-refractivity contribution in [1.82, 2.24) is 29.9 Å². The van der Waals surface area contributed by atoms with Crippen LogP contribution in [0.4, 0.5) is 0 Å². The number of carboxylic acid groups (broad SMARTS) is 2. The summed E-state index contributed by atoms with van der Waals surface area (Å²) in [6.45, 7) is 8.59. The summed E-state index contributed by atoms with van der Waals surface area (Å²) >= 11 is 10.3. The summed E-state index contributed by atoms with van der Waals surface area (Å²) in [6, 6.07) is 41.2. The van der Waals surface area contributed by atoms with E-state index in [2.05, 4.69) is 71.8 Å². The van der Waals surface area contributed by atoms with E-state index in [1.54, 1.807) is 11.6 Å². The number of thiocarbonyl (C=S) groups is 1. The Bertz CT molecular complexity index is 3340. The van der Waals surface area contributed by atoms with E-state index in [-0.39, 0.29) is 16.8 Å². The zero-order valence-corrected chi connectivity index (χ0v) is 45.4. The Kier molecular flexibility index (Phi) is 23.0. The van der Waals surface area contributed by atoms with Gasteiger partial charge in [0.05, 0.1) is 16.7 Å². The van der Waals surface area contributed by atoms with Gasteiger partial charge in [0.1, 0.15) is 20.7 Å². The summed E-state index contributed by atoms with van der Waals surface area (Å²) in [6.07, 6.45) is 8.38. The summed E-state index contributed by atoms with van der Waals surface area (Å²) < 4.78 is 0. The summed E-state index contributed by atoms with van der Waals surface area (Å²) in [7, 11) is 0. The van der Waals surface area contributed by atoms with Crippen LogP contribution in [0.3, 0.4) is 0 Å². The van der Waals surface area contributed by atoms with Gasteiger partial charge in [-0.3, -0.25) is 29.5 Å². The van der Waals surface area contributed by atoms with Crippen LogP contribution < -0.4 is 11.5 Å². The molecule has 0 aliphatic rings. The molecule has 0 saturated carbocycles. The zero-order valence-electron chi connectivity index (χ0n) is 41.4. The van der Waals surface area contributed by atoms with E-state index in [0.717, 1.165) is 82.9 Å². The molecule has 0 saturated heterocycles. The highest BCUT2D eigenvalue weighted by Gasteiger charge is 2.14. The Morgan fingerprint density at radius 2 is 1.05 bits per heavy atom. The van der Waals surface area contributed by atoms with Crippen LogP contribution in [0.5, 0.6) is 0 Å². The molecular formula is C57H53BrN8O6S3. The summed E-state index contributed by atoms with van der Waals surface area (Å²) in [4.78, 5) is 69.1. The second-order valence-electron chi connectivity index (χ2n) is 16.2. The van der Waals surface area contributed by atoms with Crippen LogP contribution in [0.1, 0.15) is 66.6 Å². The maximum atomic E-state index is 12.6. The SMILES string of the molecule is Cc1cc(-c2ncc(CCC(=O)c3csc(-c4ccccc4)n3)cc2C)ccn1.Cc1cc(-c2ncc(CN)cc2C)ccn1.NC(=S)c1ccccc1.O=C(O)C(=O)CBr.O=C(O)c1csc(-c2ccccc2)n1. The number of aromatic carboxylic acids is 1. The number of aliphatic carboxylic acids is 1. The number of nitrogens with two attached hydrogens (primary N) is 2. The molecule has 6 aromatic heterocycles. The Morgan fingerprint density at radius 3 is 1.44 bits per heavy atom. The lowest BCUT2D eigenvalue weighted by Crippen LogP contribution is -2.12. The highest BCUT2D eigenvalue weighted by atomic mass is 79.9. The van der Waals surface area contributed by atoms with Crippen LogP contribution in [0.25, 0.3) is 43.7 Å². The van der Waals surface area contributed by atoms with E-state index in [4.69, 9.17) is 33.9 Å². The average molecular weight is 1120 g/mol. The first-order chi connectivity index (χ1) is 36.1. The molecule has 0 bridgehead atoms. The fourth-order valence-corrected chi connectivity index (χ4v) is 8.76. The molecule has 3 aromatic carbocycles. The molecule has 18 heteroatoms. The number of Topliss-reactive ketones (excluding diaryl/α,β-unsaturated/α-hetero) is 2. The molecule has 14 nitrogen and oxygen atoms in total. The van der Waals surface area contributed by atoms with Crippen LogP contribution in [-0.2, 0) is 22.6 Å². The lowest BCUT2D eigenvalue weighted by Gasteiger charge is -2.08. The average Bonchev–Trinajstić information content (AvgIpc) is 4.14. The van der Waals surface area contributed by atoms with E-state index in [9.17, 15) is 19.2 Å². The monoisotopic (exact) mass is 1120 g/mol. The zero-order chi connectivity index (χ0) is 54.3. The van der Waals surface area contributed by atoms with Gasteiger partial charge in [-0.25, -0.2) is 19.6 Å². The molecule has 0 aliphatic carbocycles. The van der Waals surface area contributed by atoms with Crippen LogP contribution in [0.15, 0.2) is 163 Å². The minimum absolute atomic E-state index is 0.0647. The molecule has 6 heterocycles. The number of hydrogen-bond acceptors (Lipinski definition) is 14. The fourth-order valence-electron chi connectivity index (χ4n) is 6.75. The number of carboxylic acids is 2. The Labute approximate surface area is 456 Å². The standard InChI is InChI=1S/C24H21N3OS.C13H15N3.C10H7NO2S.C7H7NS.C3H3BrO3/c1-16-12-18(14-26-23(16)20-10-11-25-17(2)13-20)8-9-22(28)21-15-29-24(27-21)19-6-4-3-5-7-19;1-9-5-11(7-14)8-16-13(9)12-3-4-15-10(2)6-12;12-10(13)8-6-14-9(11-8)7-4-2-1-3-5-7;8-7(9)6-4-2-1-3-5-6;4-1-2(5)3(6)7/h3-7,10-15H,8-9H2,1-2H3;3-6,8H,7,14H2,1-2H3;1-6H,(H,12,13);1-5H,(H2,8,9);1H2,(H,6,7). The van der Waals surface area contributed by atoms with E-state index in [1.807, 2.05) is 153 Å². The third-order valence-corrected chi connectivity index (χ3v) is 13.0. The molecule has 0 aliphatic heterocycles. The van der Waals surface area contributed by atoms with Gasteiger partial charge in [-0.15, -0.1) is 22.7 Å². The quantitative estimate of drug-likeness (QED) is 0.0363. The van der Waals surface area contributed by atoms with Gasteiger partial charge >= 0.3 is 11.9 Å². The molecule has 6 N–H and O–H groups in total. The first kappa shape index (κ1) is 58.0. The summed E-state index contributed by atoms with van der Waals surface area (Å²) in [5.41, 5.74) is 25.0. The molecule has 0 spiro atoms. The first-order valence-corrected chi connectivity index (χ1v) is 26.3. The molecule has 9 aromatic rings. The van der Waals surface area contributed by atoms with Crippen molar-refractivity contribution in [2.24, 2.45) is 11.5 Å². The van der Waals surface area contributed by atoms with Crippen molar-refractivity contribution in [1.29, 1.82) is 0 Å². The van der Waals surface area contributed by atoms with Crippen molar-refractivity contribution in [3.05, 3.63) is 214 Å². The number of ketones is 2. The number of carbonyl (C=O) groups excluding carboxylic acids is 2. The number of pyridine rings is 4. The van der Waals surface area contributed by atoms with Gasteiger partial charge in [-0.05, 0) is 80.6 Å². The van der Waals surface area contributed by atoms with Crippen molar-refractivity contribution in [3.8, 4) is 43.7 Å². The minimum atomic E-state index is -1.39. The number of benzene rings is 3. The van der Waals surface area contributed by atoms with Gasteiger partial charge in [0, 0.05) is 87.7 Å². The number of alkyl halides is 1. The van der Waals surface area contributed by atoms with E-state index in [0.29, 0.717) is 30.1 Å². The topological polar surface area (TPSA) is 238 Å². The molecule has 75 heavy (non-hydrogen) atoms. The lowest BCUT2D eigenvalue weighted by molar-refractivity contribution is -0.147. The van der Waals surface area contributed by atoms with E-state index >= 15 is 0 Å². The number of aryl methyl sites for hydroxylation is 5. The summed E-state index contributed by atoms with van der Waals surface area (Å²) in [5.74, 6) is -3.13. The number of carbonyl (C=O) groups is 4. The number of nitrogens with zero attached hydrogens (tertiary/aromatic N) is 6. The van der Waals surface area contributed by atoms with Gasteiger partial charge in [0.15, 0.2) is 11.5 Å². The van der Waals surface area contributed by atoms with Crippen molar-refractivity contribution >= 4 is 79.3 Å². The third kappa shape index (κ3) is 18.5. The number of rotatable bonds is 13. The van der Waals surface area contributed by atoms with Gasteiger partial charge in [0.25, 0.3) is 0 Å². The molecule has 0 radical (unpaired) electrons. The van der Waals surface area contributed by atoms with Crippen molar-refractivity contribution in [3.63, 3.8) is 0 Å². The molecule has 0 amide bonds. The fraction of sp³-hybridized carbons (Fsp3) is 0.140. The van der Waals surface area contributed by atoms with Crippen LogP contribution >= 0.6 is 50.8 Å². The summed E-state index contributed by atoms with van der Waals surface area (Å²) in [5, 5.41) is 21.4. The van der Waals surface area contributed by atoms with Crippen molar-refractivity contribution < 1.29 is 29.4 Å². The van der Waals surface area contributed by atoms with Crippen LogP contribution in [-0.4, -0.2) is 73.9 Å². The Balaban J connectivity index is 0.000000191. The second kappa shape index (κ2) is 29.7. The number of halogens is 1.